The van der Waals surface area contributed by atoms with Gasteiger partial charge in [0.2, 0.25) is 5.88 Å². The topological polar surface area (TPSA) is 129 Å². The number of halogens is 1. The Morgan fingerprint density at radius 1 is 1.34 bits per heavy atom. The second kappa shape index (κ2) is 5.92. The van der Waals surface area contributed by atoms with Crippen LogP contribution in [0.15, 0.2) is 11.1 Å². The highest BCUT2D eigenvalue weighted by Gasteiger charge is 2.39. The fraction of sp³-hybridized carbons (Fsp3) is 0.444. The number of urea groups is 1. The van der Waals surface area contributed by atoms with E-state index in [2.05, 4.69) is 15.1 Å². The number of aliphatic hydroxyl groups is 1. The summed E-state index contributed by atoms with van der Waals surface area (Å²) in [5, 5.41) is 16.2. The minimum atomic E-state index is -3.76. The molecule has 29 heavy (non-hydrogen) atoms. The van der Waals surface area contributed by atoms with E-state index in [9.17, 15) is 18.5 Å². The van der Waals surface area contributed by atoms with Gasteiger partial charge in [-0.25, -0.2) is 27.6 Å². The normalized spacial score (nSPS) is 22.9. The van der Waals surface area contributed by atoms with Crippen LogP contribution in [0.2, 0.25) is 0 Å². The minimum Gasteiger partial charge on any atom is -0.466 e. The van der Waals surface area contributed by atoms with E-state index in [4.69, 9.17) is 9.52 Å². The predicted molar refractivity (Wildman–Crippen MR) is 101 cm³/mol. The number of aliphatic hydroxyl groups excluding tert-OH is 1. The van der Waals surface area contributed by atoms with Gasteiger partial charge >= 0.3 is 6.03 Å². The second-order valence-electron chi connectivity index (χ2n) is 7.90. The summed E-state index contributed by atoms with van der Waals surface area (Å²) in [6.07, 6.45) is 3.86. The van der Waals surface area contributed by atoms with Crippen LogP contribution in [0.3, 0.4) is 0 Å². The van der Waals surface area contributed by atoms with Crippen LogP contribution < -0.4 is 14.8 Å². The van der Waals surface area contributed by atoms with Crippen molar-refractivity contribution in [1.29, 1.82) is 4.78 Å². The third-order valence-electron chi connectivity index (χ3n) is 5.82. The van der Waals surface area contributed by atoms with Crippen molar-refractivity contribution in [2.45, 2.75) is 49.6 Å². The molecule has 0 saturated heterocycles. The number of anilines is 1. The third kappa shape index (κ3) is 2.64. The first-order chi connectivity index (χ1) is 13.7. The molecule has 0 fully saturated rings. The van der Waals surface area contributed by atoms with Crippen molar-refractivity contribution in [3.63, 3.8) is 0 Å². The average molecular weight is 421 g/mol. The highest BCUT2D eigenvalue weighted by Crippen LogP contribution is 2.43. The first-order valence-corrected chi connectivity index (χ1v) is 10.9. The van der Waals surface area contributed by atoms with Crippen molar-refractivity contribution in [3.05, 3.63) is 34.3 Å². The molecule has 5 rings (SSSR count). The standard InChI is InChI=1S/C18H20FN5O4S/c1-18(8-25)7-24-16(28-18)13(6-21-24)29(20,27)23-17(26)22-15-11-4-2-9(11)14(19)10-3-5-12(10)15/h6,25H,2-5,7-8H2,1H3,(H3,20,22,23,26,27)/t18-,29?/m1/s1. The van der Waals surface area contributed by atoms with Gasteiger partial charge in [-0.3, -0.25) is 0 Å². The number of fused-ring (bicyclic) bond motifs is 3. The molecule has 0 spiro atoms. The van der Waals surface area contributed by atoms with Crippen molar-refractivity contribution in [1.82, 2.24) is 14.5 Å². The van der Waals surface area contributed by atoms with Gasteiger partial charge in [-0.05, 0) is 54.9 Å². The van der Waals surface area contributed by atoms with Crippen LogP contribution in [0, 0.1) is 10.6 Å². The lowest BCUT2D eigenvalue weighted by atomic mass is 9.76. The number of ether oxygens (including phenoxy) is 1. The van der Waals surface area contributed by atoms with E-state index < -0.39 is 21.5 Å². The Balaban J connectivity index is 1.38. The average Bonchev–Trinajstić information content (AvgIpc) is 3.07. The van der Waals surface area contributed by atoms with Gasteiger partial charge in [-0.2, -0.15) is 5.10 Å². The largest absolute Gasteiger partial charge is 0.466 e. The number of nitrogens with zero attached hydrogens (tertiary/aromatic N) is 2. The van der Waals surface area contributed by atoms with Gasteiger partial charge in [0.15, 0.2) is 15.5 Å². The van der Waals surface area contributed by atoms with Gasteiger partial charge in [-0.1, -0.05) is 0 Å². The number of hydrogen-bond acceptors (Lipinski definition) is 6. The van der Waals surface area contributed by atoms with E-state index in [0.717, 1.165) is 11.1 Å². The lowest BCUT2D eigenvalue weighted by Gasteiger charge is -2.33. The van der Waals surface area contributed by atoms with Crippen LogP contribution in [0.5, 0.6) is 5.88 Å². The molecule has 0 radical (unpaired) electrons. The van der Waals surface area contributed by atoms with Crippen molar-refractivity contribution in [2.24, 2.45) is 0 Å². The number of aromatic nitrogens is 2. The monoisotopic (exact) mass is 421 g/mol. The van der Waals surface area contributed by atoms with Crippen LogP contribution in [0.25, 0.3) is 0 Å². The van der Waals surface area contributed by atoms with Gasteiger partial charge in [0.05, 0.1) is 19.3 Å². The molecule has 2 aliphatic carbocycles. The van der Waals surface area contributed by atoms with Crippen molar-refractivity contribution in [2.75, 3.05) is 11.9 Å². The molecule has 1 aromatic heterocycles. The zero-order valence-electron chi connectivity index (χ0n) is 15.7. The molecule has 2 heterocycles. The molecule has 2 aromatic rings. The van der Waals surface area contributed by atoms with Gasteiger partial charge in [0.1, 0.15) is 10.7 Å². The maximum Gasteiger partial charge on any atom is 0.331 e. The molecule has 9 nitrogen and oxygen atoms in total. The summed E-state index contributed by atoms with van der Waals surface area (Å²) >= 11 is 0. The Labute approximate surface area is 166 Å². The molecule has 1 aliphatic heterocycles. The zero-order chi connectivity index (χ0) is 20.6. The fourth-order valence-electron chi connectivity index (χ4n) is 4.06. The molecule has 11 heteroatoms. The van der Waals surface area contributed by atoms with Crippen molar-refractivity contribution >= 4 is 21.6 Å². The lowest BCUT2D eigenvalue weighted by molar-refractivity contribution is 0.0399. The predicted octanol–water partition coefficient (Wildman–Crippen LogP) is 1.51. The third-order valence-corrected chi connectivity index (χ3v) is 7.19. The summed E-state index contributed by atoms with van der Waals surface area (Å²) in [5.41, 5.74) is 2.48. The SMILES string of the molecule is C[C@]1(CO)Cn2ncc(S(=N)(=O)NC(=O)Nc3c4c(c(F)c5c3CC5)CC4)c2O1. The molecule has 4 N–H and O–H groups in total. The Morgan fingerprint density at radius 2 is 1.97 bits per heavy atom. The lowest BCUT2D eigenvalue weighted by Crippen LogP contribution is -2.37. The van der Waals surface area contributed by atoms with Crippen LogP contribution >= 0.6 is 0 Å². The number of rotatable bonds is 4. The summed E-state index contributed by atoms with van der Waals surface area (Å²) < 4.78 is 44.7. The van der Waals surface area contributed by atoms with Crippen LogP contribution in [-0.4, -0.2) is 37.3 Å². The van der Waals surface area contributed by atoms with E-state index in [0.29, 0.717) is 42.5 Å². The highest BCUT2D eigenvalue weighted by molar-refractivity contribution is 7.91. The maximum absolute atomic E-state index is 14.3. The number of carbonyl (C=O) groups excluding carboxylic acids is 1. The van der Waals surface area contributed by atoms with E-state index >= 15 is 0 Å². The Hall–Kier alpha value is -2.66. The highest BCUT2D eigenvalue weighted by atomic mass is 32.2. The minimum absolute atomic E-state index is 0.0649. The summed E-state index contributed by atoms with van der Waals surface area (Å²) in [6, 6.07) is -0.803. The number of carbonyl (C=O) groups is 1. The number of benzene rings is 1. The van der Waals surface area contributed by atoms with E-state index in [1.165, 1.54) is 10.9 Å². The molecule has 2 amide bonds. The van der Waals surface area contributed by atoms with Gasteiger partial charge < -0.3 is 15.2 Å². The van der Waals surface area contributed by atoms with Crippen molar-refractivity contribution in [3.8, 4) is 5.88 Å². The van der Waals surface area contributed by atoms with Crippen LogP contribution in [0.1, 0.15) is 29.2 Å². The van der Waals surface area contributed by atoms with Crippen LogP contribution in [0.4, 0.5) is 14.9 Å². The molecular formula is C18H20FN5O4S. The molecule has 0 saturated carbocycles. The summed E-state index contributed by atoms with van der Waals surface area (Å²) in [4.78, 5) is 12.5. The molecule has 2 atom stereocenters. The maximum atomic E-state index is 14.3. The van der Waals surface area contributed by atoms with Gasteiger partial charge in [0.25, 0.3) is 0 Å². The number of hydrogen-bond donors (Lipinski definition) is 4. The molecular weight excluding hydrogens is 401 g/mol. The Kier molecular flexibility index (Phi) is 3.75. The number of amides is 2. The van der Waals surface area contributed by atoms with E-state index in [-0.39, 0.29) is 29.7 Å². The van der Waals surface area contributed by atoms with E-state index in [1.54, 1.807) is 6.92 Å². The Bertz CT molecular complexity index is 1140. The second-order valence-corrected chi connectivity index (χ2v) is 9.65. The van der Waals surface area contributed by atoms with Crippen molar-refractivity contribution < 1.29 is 23.2 Å². The summed E-state index contributed by atoms with van der Waals surface area (Å²) in [5.74, 6) is -0.0703. The van der Waals surface area contributed by atoms with E-state index in [1.807, 2.05) is 0 Å². The molecule has 3 aliphatic rings. The molecule has 0 bridgehead atoms. The Morgan fingerprint density at radius 3 is 2.52 bits per heavy atom. The summed E-state index contributed by atoms with van der Waals surface area (Å²) in [6.45, 7) is 1.64. The number of nitrogens with one attached hydrogen (secondary N) is 3. The molecule has 154 valence electrons. The quantitative estimate of drug-likeness (QED) is 0.595. The van der Waals surface area contributed by atoms with Gasteiger partial charge in [-0.15, -0.1) is 0 Å². The molecule has 1 unspecified atom stereocenters. The first-order valence-electron chi connectivity index (χ1n) is 9.30. The fourth-order valence-corrected chi connectivity index (χ4v) is 5.07. The molecule has 1 aromatic carbocycles. The first kappa shape index (κ1) is 18.4. The van der Waals surface area contributed by atoms with Crippen LogP contribution in [-0.2, 0) is 42.1 Å². The smallest absolute Gasteiger partial charge is 0.331 e. The van der Waals surface area contributed by atoms with Gasteiger partial charge in [0, 0.05) is 5.69 Å². The zero-order valence-corrected chi connectivity index (χ0v) is 16.5. The summed E-state index contributed by atoms with van der Waals surface area (Å²) in [7, 11) is -3.76.